The Morgan fingerprint density at radius 3 is 2.54 bits per heavy atom. The van der Waals surface area contributed by atoms with Crippen LogP contribution in [-0.4, -0.2) is 12.5 Å². The Bertz CT molecular complexity index is 732. The van der Waals surface area contributed by atoms with Crippen LogP contribution in [0.1, 0.15) is 49.8 Å². The predicted molar refractivity (Wildman–Crippen MR) is 110 cm³/mol. The number of carbonyl (C=O) groups is 1. The molecule has 0 saturated carbocycles. The molecular formula is C23H29NO2. The van der Waals surface area contributed by atoms with Gasteiger partial charge in [-0.2, -0.15) is 0 Å². The Kier molecular flexibility index (Phi) is 7.94. The zero-order valence-electron chi connectivity index (χ0n) is 16.0. The summed E-state index contributed by atoms with van der Waals surface area (Å²) in [6.07, 6.45) is 8.15. The second kappa shape index (κ2) is 10.4. The molecule has 0 unspecified atom stereocenters. The smallest absolute Gasteiger partial charge is 0.248 e. The van der Waals surface area contributed by atoms with E-state index >= 15 is 0 Å². The Labute approximate surface area is 157 Å². The van der Waals surface area contributed by atoms with Gasteiger partial charge < -0.3 is 10.1 Å². The Hall–Kier alpha value is -2.55. The molecule has 0 atom stereocenters. The highest BCUT2D eigenvalue weighted by molar-refractivity contribution is 6.01. The number of nitrogens with one attached hydrogen (secondary N) is 1. The van der Waals surface area contributed by atoms with Crippen LogP contribution in [0, 0.1) is 6.92 Å². The van der Waals surface area contributed by atoms with Gasteiger partial charge in [0.15, 0.2) is 0 Å². The van der Waals surface area contributed by atoms with E-state index in [1.165, 1.54) is 24.8 Å². The molecule has 0 fully saturated rings. The number of rotatable bonds is 9. The summed E-state index contributed by atoms with van der Waals surface area (Å²) >= 11 is 0. The minimum absolute atomic E-state index is 0.137. The van der Waals surface area contributed by atoms with Gasteiger partial charge in [-0.25, -0.2) is 0 Å². The van der Waals surface area contributed by atoms with Gasteiger partial charge in [-0.1, -0.05) is 44.0 Å². The normalized spacial score (nSPS) is 10.9. The molecule has 138 valence electrons. The molecule has 0 spiro atoms. The lowest BCUT2D eigenvalue weighted by Crippen LogP contribution is -2.07. The van der Waals surface area contributed by atoms with Crippen molar-refractivity contribution in [3.63, 3.8) is 0 Å². The SMILES string of the molecule is CCCCCc1ccc(NC(=O)/C=C/c2ccc(C)c(OCC)c2)cc1. The highest BCUT2D eigenvalue weighted by Gasteiger charge is 2.01. The second-order valence-electron chi connectivity index (χ2n) is 6.43. The van der Waals surface area contributed by atoms with Gasteiger partial charge in [0.05, 0.1) is 6.61 Å². The summed E-state index contributed by atoms with van der Waals surface area (Å²) in [7, 11) is 0. The van der Waals surface area contributed by atoms with E-state index in [-0.39, 0.29) is 5.91 Å². The fraction of sp³-hybridized carbons (Fsp3) is 0.348. The first-order chi connectivity index (χ1) is 12.6. The maximum atomic E-state index is 12.1. The van der Waals surface area contributed by atoms with Gasteiger partial charge in [0.2, 0.25) is 5.91 Å². The molecule has 3 heteroatoms. The lowest BCUT2D eigenvalue weighted by Gasteiger charge is -2.07. The van der Waals surface area contributed by atoms with Crippen molar-refractivity contribution in [2.24, 2.45) is 0 Å². The van der Waals surface area contributed by atoms with E-state index < -0.39 is 0 Å². The van der Waals surface area contributed by atoms with E-state index in [0.717, 1.165) is 29.0 Å². The van der Waals surface area contributed by atoms with Crippen molar-refractivity contribution in [1.82, 2.24) is 0 Å². The molecule has 0 bridgehead atoms. The number of aryl methyl sites for hydroxylation is 2. The lowest BCUT2D eigenvalue weighted by atomic mass is 10.1. The molecule has 0 saturated heterocycles. The van der Waals surface area contributed by atoms with Crippen molar-refractivity contribution >= 4 is 17.7 Å². The summed E-state index contributed by atoms with van der Waals surface area (Å²) in [4.78, 5) is 12.1. The molecule has 0 aliphatic heterocycles. The highest BCUT2D eigenvalue weighted by atomic mass is 16.5. The quantitative estimate of drug-likeness (QED) is 0.459. The number of benzene rings is 2. The van der Waals surface area contributed by atoms with Crippen LogP contribution >= 0.6 is 0 Å². The molecule has 1 N–H and O–H groups in total. The summed E-state index contributed by atoms with van der Waals surface area (Å²) in [6.45, 7) is 6.81. The van der Waals surface area contributed by atoms with Crippen molar-refractivity contribution in [2.45, 2.75) is 46.5 Å². The van der Waals surface area contributed by atoms with E-state index in [9.17, 15) is 4.79 Å². The second-order valence-corrected chi connectivity index (χ2v) is 6.43. The zero-order valence-corrected chi connectivity index (χ0v) is 16.0. The number of unbranched alkanes of at least 4 members (excludes halogenated alkanes) is 2. The van der Waals surface area contributed by atoms with E-state index in [0.29, 0.717) is 6.61 Å². The molecule has 0 aliphatic carbocycles. The maximum Gasteiger partial charge on any atom is 0.248 e. The third-order valence-electron chi connectivity index (χ3n) is 4.23. The predicted octanol–water partition coefficient (Wildman–Crippen LogP) is 5.78. The molecular weight excluding hydrogens is 322 g/mol. The standard InChI is InChI=1S/C23H29NO2/c1-4-6-7-8-19-11-14-21(15-12-19)24-23(25)16-13-20-10-9-18(3)22(17-20)26-5-2/h9-17H,4-8H2,1-3H3,(H,24,25)/b16-13+. The zero-order chi connectivity index (χ0) is 18.8. The number of ether oxygens (including phenoxy) is 1. The number of carbonyl (C=O) groups excluding carboxylic acids is 1. The van der Waals surface area contributed by atoms with Gasteiger partial charge in [-0.3, -0.25) is 4.79 Å². The molecule has 0 aromatic heterocycles. The Morgan fingerprint density at radius 1 is 1.08 bits per heavy atom. The number of hydrogen-bond donors (Lipinski definition) is 1. The third kappa shape index (κ3) is 6.40. The molecule has 1 amide bonds. The van der Waals surface area contributed by atoms with Crippen molar-refractivity contribution in [1.29, 1.82) is 0 Å². The average molecular weight is 351 g/mol. The minimum atomic E-state index is -0.137. The monoisotopic (exact) mass is 351 g/mol. The van der Waals surface area contributed by atoms with Crippen molar-refractivity contribution in [2.75, 3.05) is 11.9 Å². The molecule has 26 heavy (non-hydrogen) atoms. The van der Waals surface area contributed by atoms with Crippen molar-refractivity contribution < 1.29 is 9.53 Å². The van der Waals surface area contributed by atoms with E-state index in [1.807, 2.05) is 44.2 Å². The number of anilines is 1. The largest absolute Gasteiger partial charge is 0.494 e. The van der Waals surface area contributed by atoms with Crippen LogP contribution in [0.25, 0.3) is 6.08 Å². The van der Waals surface area contributed by atoms with Crippen molar-refractivity contribution in [3.8, 4) is 5.75 Å². The summed E-state index contributed by atoms with van der Waals surface area (Å²) in [6, 6.07) is 14.0. The summed E-state index contributed by atoms with van der Waals surface area (Å²) in [5, 5.41) is 2.90. The summed E-state index contributed by atoms with van der Waals surface area (Å²) in [5.74, 6) is 0.719. The first-order valence-electron chi connectivity index (χ1n) is 9.43. The van der Waals surface area contributed by atoms with E-state index in [1.54, 1.807) is 12.2 Å². The van der Waals surface area contributed by atoms with Crippen LogP contribution in [0.3, 0.4) is 0 Å². The Morgan fingerprint density at radius 2 is 1.85 bits per heavy atom. The summed E-state index contributed by atoms with van der Waals surface area (Å²) < 4.78 is 5.59. The maximum absolute atomic E-state index is 12.1. The van der Waals surface area contributed by atoms with Crippen LogP contribution in [0.5, 0.6) is 5.75 Å². The van der Waals surface area contributed by atoms with Crippen LogP contribution < -0.4 is 10.1 Å². The third-order valence-corrected chi connectivity index (χ3v) is 4.23. The number of hydrogen-bond acceptors (Lipinski definition) is 2. The van der Waals surface area contributed by atoms with E-state index in [2.05, 4.69) is 24.4 Å². The molecule has 0 heterocycles. The van der Waals surface area contributed by atoms with Crippen LogP contribution in [0.15, 0.2) is 48.5 Å². The molecule has 2 rings (SSSR count). The van der Waals surface area contributed by atoms with Gasteiger partial charge in [0.1, 0.15) is 5.75 Å². The first-order valence-corrected chi connectivity index (χ1v) is 9.43. The van der Waals surface area contributed by atoms with Crippen LogP contribution in [-0.2, 0) is 11.2 Å². The molecule has 3 nitrogen and oxygen atoms in total. The number of amides is 1. The van der Waals surface area contributed by atoms with E-state index in [4.69, 9.17) is 4.74 Å². The first kappa shape index (κ1) is 19.8. The highest BCUT2D eigenvalue weighted by Crippen LogP contribution is 2.20. The minimum Gasteiger partial charge on any atom is -0.494 e. The fourth-order valence-electron chi connectivity index (χ4n) is 2.72. The van der Waals surface area contributed by atoms with Gasteiger partial charge in [0.25, 0.3) is 0 Å². The van der Waals surface area contributed by atoms with Crippen LogP contribution in [0.4, 0.5) is 5.69 Å². The topological polar surface area (TPSA) is 38.3 Å². The van der Waals surface area contributed by atoms with Gasteiger partial charge in [-0.05, 0) is 67.7 Å². The van der Waals surface area contributed by atoms with Crippen LogP contribution in [0.2, 0.25) is 0 Å². The summed E-state index contributed by atoms with van der Waals surface area (Å²) in [5.41, 5.74) is 4.17. The lowest BCUT2D eigenvalue weighted by molar-refractivity contribution is -0.111. The molecule has 0 aliphatic rings. The average Bonchev–Trinajstić information content (AvgIpc) is 2.64. The molecule has 2 aromatic carbocycles. The Balaban J connectivity index is 1.91. The van der Waals surface area contributed by atoms with Crippen molar-refractivity contribution in [3.05, 3.63) is 65.2 Å². The molecule has 2 aromatic rings. The van der Waals surface area contributed by atoms with Gasteiger partial charge >= 0.3 is 0 Å². The van der Waals surface area contributed by atoms with Gasteiger partial charge in [-0.15, -0.1) is 0 Å². The molecule has 0 radical (unpaired) electrons. The fourth-order valence-corrected chi connectivity index (χ4v) is 2.72. The van der Waals surface area contributed by atoms with Gasteiger partial charge in [0, 0.05) is 11.8 Å².